The minimum Gasteiger partial charge on any atom is -0.378 e. The zero-order chi connectivity index (χ0) is 16.9. The van der Waals surface area contributed by atoms with Crippen molar-refractivity contribution in [2.24, 2.45) is 5.92 Å². The van der Waals surface area contributed by atoms with Gasteiger partial charge in [-0.2, -0.15) is 0 Å². The Morgan fingerprint density at radius 2 is 2.00 bits per heavy atom. The number of carbonyl (C=O) groups is 2. The minimum atomic E-state index is -0.310. The summed E-state index contributed by atoms with van der Waals surface area (Å²) in [5.41, 5.74) is 1.91. The molecule has 2 aliphatic heterocycles. The van der Waals surface area contributed by atoms with Crippen molar-refractivity contribution >= 4 is 23.2 Å². The molecule has 1 aromatic carbocycles. The summed E-state index contributed by atoms with van der Waals surface area (Å²) in [6.07, 6.45) is 1.89. The Bertz CT molecular complexity index is 626. The number of benzene rings is 1. The lowest BCUT2D eigenvalue weighted by molar-refractivity contribution is -0.126. The van der Waals surface area contributed by atoms with Crippen LogP contribution in [0.25, 0.3) is 0 Å². The largest absolute Gasteiger partial charge is 0.378 e. The molecule has 1 atom stereocenters. The van der Waals surface area contributed by atoms with Gasteiger partial charge in [-0.05, 0) is 12.1 Å². The number of anilines is 2. The van der Waals surface area contributed by atoms with Crippen molar-refractivity contribution in [3.63, 3.8) is 0 Å². The fraction of sp³-hybridized carbons (Fsp3) is 0.444. The van der Waals surface area contributed by atoms with Gasteiger partial charge in [0.05, 0.1) is 30.5 Å². The topological polar surface area (TPSA) is 61.9 Å². The van der Waals surface area contributed by atoms with E-state index in [0.29, 0.717) is 26.3 Å². The lowest BCUT2D eigenvalue weighted by atomic mass is 10.1. The van der Waals surface area contributed by atoms with E-state index in [2.05, 4.69) is 16.8 Å². The van der Waals surface area contributed by atoms with Gasteiger partial charge < -0.3 is 19.9 Å². The first-order valence-corrected chi connectivity index (χ1v) is 8.31. The van der Waals surface area contributed by atoms with Crippen LogP contribution in [0.4, 0.5) is 11.4 Å². The highest BCUT2D eigenvalue weighted by molar-refractivity contribution is 6.02. The monoisotopic (exact) mass is 329 g/mol. The highest BCUT2D eigenvalue weighted by atomic mass is 16.5. The van der Waals surface area contributed by atoms with Crippen molar-refractivity contribution in [3.8, 4) is 0 Å². The Kier molecular flexibility index (Phi) is 5.15. The lowest BCUT2D eigenvalue weighted by Gasteiger charge is -2.32. The Balaban J connectivity index is 1.78. The molecule has 2 saturated heterocycles. The Morgan fingerprint density at radius 3 is 2.71 bits per heavy atom. The molecule has 1 unspecified atom stereocenters. The van der Waals surface area contributed by atoms with Crippen molar-refractivity contribution in [2.45, 2.75) is 6.42 Å². The Morgan fingerprint density at radius 1 is 1.29 bits per heavy atom. The van der Waals surface area contributed by atoms with Crippen LogP contribution < -0.4 is 15.1 Å². The van der Waals surface area contributed by atoms with Gasteiger partial charge in [0.15, 0.2) is 0 Å². The smallest absolute Gasteiger partial charge is 0.227 e. The van der Waals surface area contributed by atoms with Crippen LogP contribution in [0.2, 0.25) is 0 Å². The molecule has 2 heterocycles. The average Bonchev–Trinajstić information content (AvgIpc) is 3.02. The minimum absolute atomic E-state index is 0.00513. The molecule has 0 bridgehead atoms. The first-order chi connectivity index (χ1) is 11.7. The second kappa shape index (κ2) is 7.49. The quantitative estimate of drug-likeness (QED) is 0.824. The number of nitrogens with one attached hydrogen (secondary N) is 1. The molecule has 0 aliphatic carbocycles. The van der Waals surface area contributed by atoms with Crippen molar-refractivity contribution in [1.82, 2.24) is 5.32 Å². The van der Waals surface area contributed by atoms with Gasteiger partial charge in [-0.1, -0.05) is 18.2 Å². The number of hydrogen-bond donors (Lipinski definition) is 1. The molecule has 0 aromatic heterocycles. The highest BCUT2D eigenvalue weighted by Crippen LogP contribution is 2.34. The number of para-hydroxylation sites is 2. The number of carbonyl (C=O) groups excluding carboxylic acids is 2. The third-order valence-electron chi connectivity index (χ3n) is 4.44. The number of nitrogens with zero attached hydrogens (tertiary/aromatic N) is 2. The third kappa shape index (κ3) is 3.43. The first kappa shape index (κ1) is 16.5. The van der Waals surface area contributed by atoms with Crippen LogP contribution in [-0.4, -0.2) is 51.2 Å². The highest BCUT2D eigenvalue weighted by Gasteiger charge is 2.36. The second-order valence-electron chi connectivity index (χ2n) is 6.03. The molecule has 6 heteroatoms. The maximum absolute atomic E-state index is 12.5. The fourth-order valence-electron chi connectivity index (χ4n) is 3.20. The lowest BCUT2D eigenvalue weighted by Crippen LogP contribution is -2.38. The van der Waals surface area contributed by atoms with E-state index in [1.807, 2.05) is 24.3 Å². The molecule has 2 amide bonds. The summed E-state index contributed by atoms with van der Waals surface area (Å²) in [5.74, 6) is -0.403. The zero-order valence-electron chi connectivity index (χ0n) is 13.7. The maximum atomic E-state index is 12.5. The molecular formula is C18H23N3O3. The summed E-state index contributed by atoms with van der Waals surface area (Å²) in [6.45, 7) is 7.43. The van der Waals surface area contributed by atoms with E-state index < -0.39 is 0 Å². The second-order valence-corrected chi connectivity index (χ2v) is 6.03. The molecule has 2 fully saturated rings. The normalized spacial score (nSPS) is 21.0. The molecule has 128 valence electrons. The van der Waals surface area contributed by atoms with Crippen molar-refractivity contribution in [1.29, 1.82) is 0 Å². The van der Waals surface area contributed by atoms with Gasteiger partial charge in [-0.25, -0.2) is 0 Å². The van der Waals surface area contributed by atoms with Crippen LogP contribution in [0.5, 0.6) is 0 Å². The predicted octanol–water partition coefficient (Wildman–Crippen LogP) is 1.18. The van der Waals surface area contributed by atoms with E-state index in [9.17, 15) is 9.59 Å². The third-order valence-corrected chi connectivity index (χ3v) is 4.44. The molecule has 0 spiro atoms. The van der Waals surface area contributed by atoms with Gasteiger partial charge in [0.25, 0.3) is 0 Å². The number of rotatable bonds is 5. The standard InChI is InChI=1S/C18H23N3O3/c1-2-7-19-18(23)14-12-17(22)21(13-14)16-6-4-3-5-15(16)20-8-10-24-11-9-20/h2-6,14H,1,7-13H2,(H,19,23). The molecule has 3 rings (SSSR count). The summed E-state index contributed by atoms with van der Waals surface area (Å²) in [5, 5.41) is 2.78. The molecule has 1 N–H and O–H groups in total. The molecule has 2 aliphatic rings. The van der Waals surface area contributed by atoms with Crippen LogP contribution in [0.1, 0.15) is 6.42 Å². The molecule has 0 radical (unpaired) electrons. The Labute approximate surface area is 142 Å². The molecular weight excluding hydrogens is 306 g/mol. The van der Waals surface area contributed by atoms with E-state index >= 15 is 0 Å². The van der Waals surface area contributed by atoms with Crippen LogP contribution in [0.15, 0.2) is 36.9 Å². The fourth-order valence-corrected chi connectivity index (χ4v) is 3.20. The first-order valence-electron chi connectivity index (χ1n) is 8.31. The van der Waals surface area contributed by atoms with E-state index in [4.69, 9.17) is 4.74 Å². The van der Waals surface area contributed by atoms with Crippen molar-refractivity contribution < 1.29 is 14.3 Å². The van der Waals surface area contributed by atoms with Gasteiger partial charge in [0.2, 0.25) is 11.8 Å². The zero-order valence-corrected chi connectivity index (χ0v) is 13.7. The number of amides is 2. The van der Waals surface area contributed by atoms with Gasteiger partial charge >= 0.3 is 0 Å². The van der Waals surface area contributed by atoms with Gasteiger partial charge in [-0.15, -0.1) is 6.58 Å². The number of morpholine rings is 1. The van der Waals surface area contributed by atoms with Gasteiger partial charge in [0.1, 0.15) is 0 Å². The summed E-state index contributed by atoms with van der Waals surface area (Å²) in [7, 11) is 0. The maximum Gasteiger partial charge on any atom is 0.227 e. The molecule has 24 heavy (non-hydrogen) atoms. The van der Waals surface area contributed by atoms with E-state index in [-0.39, 0.29) is 24.2 Å². The summed E-state index contributed by atoms with van der Waals surface area (Å²) in [6, 6.07) is 7.88. The van der Waals surface area contributed by atoms with Crippen molar-refractivity contribution in [3.05, 3.63) is 36.9 Å². The van der Waals surface area contributed by atoms with Crippen LogP contribution in [0.3, 0.4) is 0 Å². The van der Waals surface area contributed by atoms with E-state index in [1.165, 1.54) is 0 Å². The molecule has 0 saturated carbocycles. The molecule has 1 aromatic rings. The Hall–Kier alpha value is -2.34. The number of hydrogen-bond acceptors (Lipinski definition) is 4. The van der Waals surface area contributed by atoms with Crippen LogP contribution >= 0.6 is 0 Å². The summed E-state index contributed by atoms with van der Waals surface area (Å²) in [4.78, 5) is 28.6. The van der Waals surface area contributed by atoms with E-state index in [0.717, 1.165) is 24.5 Å². The summed E-state index contributed by atoms with van der Waals surface area (Å²) < 4.78 is 5.41. The summed E-state index contributed by atoms with van der Waals surface area (Å²) >= 11 is 0. The predicted molar refractivity (Wildman–Crippen MR) is 93.1 cm³/mol. The number of ether oxygens (including phenoxy) is 1. The SMILES string of the molecule is C=CCNC(=O)C1CC(=O)N(c2ccccc2N2CCOCC2)C1. The van der Waals surface area contributed by atoms with Gasteiger partial charge in [-0.3, -0.25) is 9.59 Å². The van der Waals surface area contributed by atoms with Crippen LogP contribution in [-0.2, 0) is 14.3 Å². The average molecular weight is 329 g/mol. The molecule has 6 nitrogen and oxygen atoms in total. The van der Waals surface area contributed by atoms with E-state index in [1.54, 1.807) is 11.0 Å². The van der Waals surface area contributed by atoms with Crippen molar-refractivity contribution in [2.75, 3.05) is 49.2 Å². The van der Waals surface area contributed by atoms with Gasteiger partial charge in [0, 0.05) is 32.6 Å². The van der Waals surface area contributed by atoms with Crippen LogP contribution in [0, 0.1) is 5.92 Å².